The van der Waals surface area contributed by atoms with Crippen molar-refractivity contribution in [1.29, 1.82) is 0 Å². The standard InChI is InChI=1S/C18H17Cl3N2O4/c1-10(26-14-6-3-12(19)4-7-14)17(24)22-23-18(25)11(2)27-16-8-5-13(20)9-15(16)21/h3-11H,1-2H3,(H,22,24)(H,23,25). The van der Waals surface area contributed by atoms with Crippen molar-refractivity contribution in [1.82, 2.24) is 10.9 Å². The van der Waals surface area contributed by atoms with Crippen molar-refractivity contribution in [2.24, 2.45) is 0 Å². The lowest BCUT2D eigenvalue weighted by Crippen LogP contribution is -2.50. The Morgan fingerprint density at radius 1 is 0.815 bits per heavy atom. The molecule has 9 heteroatoms. The number of amides is 2. The van der Waals surface area contributed by atoms with E-state index >= 15 is 0 Å². The molecule has 6 nitrogen and oxygen atoms in total. The number of benzene rings is 2. The maximum atomic E-state index is 12.1. The van der Waals surface area contributed by atoms with Crippen LogP contribution in [0.2, 0.25) is 15.1 Å². The van der Waals surface area contributed by atoms with Crippen LogP contribution in [-0.4, -0.2) is 24.0 Å². The van der Waals surface area contributed by atoms with Gasteiger partial charge in [0.1, 0.15) is 11.5 Å². The SMILES string of the molecule is CC(Oc1ccc(Cl)cc1)C(=O)NNC(=O)C(C)Oc1ccc(Cl)cc1Cl. The molecule has 0 bridgehead atoms. The molecule has 2 N–H and O–H groups in total. The second-order valence-corrected chi connectivity index (χ2v) is 6.81. The number of hydrogen-bond acceptors (Lipinski definition) is 4. The van der Waals surface area contributed by atoms with Gasteiger partial charge < -0.3 is 9.47 Å². The van der Waals surface area contributed by atoms with Gasteiger partial charge in [-0.15, -0.1) is 0 Å². The molecule has 0 radical (unpaired) electrons. The number of carbonyl (C=O) groups is 2. The topological polar surface area (TPSA) is 76.7 Å². The van der Waals surface area contributed by atoms with Crippen LogP contribution in [0.4, 0.5) is 0 Å². The molecule has 2 amide bonds. The molecule has 0 spiro atoms. The van der Waals surface area contributed by atoms with Crippen molar-refractivity contribution in [3.63, 3.8) is 0 Å². The fourth-order valence-electron chi connectivity index (χ4n) is 1.91. The van der Waals surface area contributed by atoms with E-state index in [0.717, 1.165) is 0 Å². The Morgan fingerprint density at radius 3 is 1.89 bits per heavy atom. The quantitative estimate of drug-likeness (QED) is 0.677. The maximum Gasteiger partial charge on any atom is 0.279 e. The van der Waals surface area contributed by atoms with Crippen molar-refractivity contribution < 1.29 is 19.1 Å². The molecule has 2 aromatic rings. The third kappa shape index (κ3) is 6.50. The summed E-state index contributed by atoms with van der Waals surface area (Å²) in [7, 11) is 0. The number of rotatable bonds is 6. The van der Waals surface area contributed by atoms with Gasteiger partial charge in [0, 0.05) is 10.0 Å². The van der Waals surface area contributed by atoms with Gasteiger partial charge in [0.15, 0.2) is 12.2 Å². The highest BCUT2D eigenvalue weighted by Gasteiger charge is 2.19. The van der Waals surface area contributed by atoms with E-state index in [4.69, 9.17) is 44.3 Å². The molecule has 0 aromatic heterocycles. The zero-order chi connectivity index (χ0) is 20.0. The first-order valence-electron chi connectivity index (χ1n) is 7.90. The van der Waals surface area contributed by atoms with Crippen LogP contribution in [0, 0.1) is 0 Å². The van der Waals surface area contributed by atoms with Crippen LogP contribution < -0.4 is 20.3 Å². The lowest BCUT2D eigenvalue weighted by molar-refractivity contribution is -0.135. The fraction of sp³-hybridized carbons (Fsp3) is 0.222. The maximum absolute atomic E-state index is 12.1. The molecular weight excluding hydrogens is 415 g/mol. The Kier molecular flexibility index (Phi) is 7.59. The molecule has 2 atom stereocenters. The van der Waals surface area contributed by atoms with Crippen LogP contribution >= 0.6 is 34.8 Å². The molecular formula is C18H17Cl3N2O4. The lowest BCUT2D eigenvalue weighted by atomic mass is 10.3. The highest BCUT2D eigenvalue weighted by atomic mass is 35.5. The average molecular weight is 432 g/mol. The summed E-state index contributed by atoms with van der Waals surface area (Å²) in [5, 5.41) is 1.28. The summed E-state index contributed by atoms with van der Waals surface area (Å²) in [6, 6.07) is 11.2. The number of ether oxygens (including phenoxy) is 2. The van der Waals surface area contributed by atoms with Crippen LogP contribution in [0.3, 0.4) is 0 Å². The van der Waals surface area contributed by atoms with E-state index in [1.54, 1.807) is 43.3 Å². The van der Waals surface area contributed by atoms with Gasteiger partial charge in [-0.3, -0.25) is 20.4 Å². The summed E-state index contributed by atoms with van der Waals surface area (Å²) in [5.74, 6) is -0.319. The third-order valence-corrected chi connectivity index (χ3v) is 4.15. The van der Waals surface area contributed by atoms with Gasteiger partial charge in [-0.05, 0) is 56.3 Å². The van der Waals surface area contributed by atoms with Crippen LogP contribution in [0.25, 0.3) is 0 Å². The number of carbonyl (C=O) groups excluding carboxylic acids is 2. The predicted molar refractivity (Wildman–Crippen MR) is 104 cm³/mol. The van der Waals surface area contributed by atoms with Crippen molar-refractivity contribution in [3.05, 3.63) is 57.5 Å². The minimum atomic E-state index is -0.906. The van der Waals surface area contributed by atoms with Gasteiger partial charge in [0.2, 0.25) is 0 Å². The molecule has 27 heavy (non-hydrogen) atoms. The highest BCUT2D eigenvalue weighted by Crippen LogP contribution is 2.28. The molecule has 0 aliphatic carbocycles. The van der Waals surface area contributed by atoms with Gasteiger partial charge in [0.05, 0.1) is 5.02 Å². The van der Waals surface area contributed by atoms with Gasteiger partial charge in [-0.2, -0.15) is 0 Å². The summed E-state index contributed by atoms with van der Waals surface area (Å²) in [6.07, 6.45) is -1.75. The summed E-state index contributed by atoms with van der Waals surface area (Å²) in [4.78, 5) is 24.1. The largest absolute Gasteiger partial charge is 0.481 e. The van der Waals surface area contributed by atoms with Crippen LogP contribution in [0.5, 0.6) is 11.5 Å². The molecule has 0 fully saturated rings. The van der Waals surface area contributed by atoms with E-state index in [0.29, 0.717) is 21.5 Å². The molecule has 0 saturated carbocycles. The van der Waals surface area contributed by atoms with Gasteiger partial charge in [0.25, 0.3) is 11.8 Å². The minimum absolute atomic E-state index is 0.274. The van der Waals surface area contributed by atoms with Crippen LogP contribution in [0.15, 0.2) is 42.5 Å². The van der Waals surface area contributed by atoms with Crippen molar-refractivity contribution in [3.8, 4) is 11.5 Å². The van der Waals surface area contributed by atoms with E-state index in [1.807, 2.05) is 0 Å². The Labute approximate surface area is 171 Å². The zero-order valence-electron chi connectivity index (χ0n) is 14.5. The van der Waals surface area contributed by atoms with E-state index in [2.05, 4.69) is 10.9 Å². The van der Waals surface area contributed by atoms with Crippen LogP contribution in [0.1, 0.15) is 13.8 Å². The Balaban J connectivity index is 1.82. The van der Waals surface area contributed by atoms with Gasteiger partial charge in [-0.1, -0.05) is 34.8 Å². The Morgan fingerprint density at radius 2 is 1.33 bits per heavy atom. The van der Waals surface area contributed by atoms with Crippen LogP contribution in [-0.2, 0) is 9.59 Å². The Bertz CT molecular complexity index is 815. The van der Waals surface area contributed by atoms with Gasteiger partial charge in [-0.25, -0.2) is 0 Å². The summed E-state index contributed by atoms with van der Waals surface area (Å²) >= 11 is 17.6. The molecule has 2 unspecified atom stereocenters. The van der Waals surface area contributed by atoms with Crippen molar-refractivity contribution >= 4 is 46.6 Å². The molecule has 0 aliphatic heterocycles. The molecule has 2 rings (SSSR count). The smallest absolute Gasteiger partial charge is 0.279 e. The summed E-state index contributed by atoms with van der Waals surface area (Å²) < 4.78 is 10.9. The minimum Gasteiger partial charge on any atom is -0.481 e. The highest BCUT2D eigenvalue weighted by molar-refractivity contribution is 6.35. The normalized spacial score (nSPS) is 12.6. The molecule has 0 aliphatic rings. The fourth-order valence-corrected chi connectivity index (χ4v) is 2.49. The third-order valence-electron chi connectivity index (χ3n) is 3.37. The monoisotopic (exact) mass is 430 g/mol. The molecule has 2 aromatic carbocycles. The van der Waals surface area contributed by atoms with E-state index < -0.39 is 24.0 Å². The van der Waals surface area contributed by atoms with Crippen molar-refractivity contribution in [2.45, 2.75) is 26.1 Å². The van der Waals surface area contributed by atoms with Crippen molar-refractivity contribution in [2.75, 3.05) is 0 Å². The van der Waals surface area contributed by atoms with Gasteiger partial charge >= 0.3 is 0 Å². The molecule has 0 saturated heterocycles. The molecule has 0 heterocycles. The first-order valence-corrected chi connectivity index (χ1v) is 9.03. The van der Waals surface area contributed by atoms with E-state index in [1.165, 1.54) is 13.0 Å². The Hall–Kier alpha value is -2.15. The number of nitrogens with one attached hydrogen (secondary N) is 2. The average Bonchev–Trinajstić information content (AvgIpc) is 2.63. The first-order chi connectivity index (χ1) is 12.8. The first kappa shape index (κ1) is 21.2. The summed E-state index contributed by atoms with van der Waals surface area (Å²) in [5.41, 5.74) is 4.56. The second kappa shape index (κ2) is 9.69. The second-order valence-electron chi connectivity index (χ2n) is 5.53. The number of hydrogen-bond donors (Lipinski definition) is 2. The number of halogens is 3. The predicted octanol–water partition coefficient (Wildman–Crippen LogP) is 4.03. The zero-order valence-corrected chi connectivity index (χ0v) is 16.7. The number of hydrazine groups is 1. The molecule has 144 valence electrons. The lowest BCUT2D eigenvalue weighted by Gasteiger charge is -2.18. The summed E-state index contributed by atoms with van der Waals surface area (Å²) in [6.45, 7) is 3.06. The van der Waals surface area contributed by atoms with E-state index in [9.17, 15) is 9.59 Å². The van der Waals surface area contributed by atoms with E-state index in [-0.39, 0.29) is 5.02 Å².